The Morgan fingerprint density at radius 2 is 1.63 bits per heavy atom. The number of para-hydroxylation sites is 1. The summed E-state index contributed by atoms with van der Waals surface area (Å²) < 4.78 is 1.76. The van der Waals surface area contributed by atoms with Crippen molar-refractivity contribution < 1.29 is 14.4 Å². The van der Waals surface area contributed by atoms with Crippen molar-refractivity contribution in [2.75, 3.05) is 5.32 Å². The summed E-state index contributed by atoms with van der Waals surface area (Å²) in [4.78, 5) is 45.3. The number of pyridine rings is 1. The molecule has 176 valence electrons. The summed E-state index contributed by atoms with van der Waals surface area (Å²) in [6.07, 6.45) is 2.18. The van der Waals surface area contributed by atoms with Gasteiger partial charge in [0.15, 0.2) is 5.65 Å². The quantitative estimate of drug-likeness (QED) is 0.425. The second-order valence-electron chi connectivity index (χ2n) is 8.77. The molecule has 2 atom stereocenters. The molecule has 0 saturated heterocycles. The SMILES string of the molecule is CCC(C)C(C(=O)Nc1cnc2c(c1)c(C)nn2-c1ccccc1)N1C(=O)c2ccccc2C1=O. The first-order valence-electron chi connectivity index (χ1n) is 11.6. The molecule has 3 heterocycles. The molecule has 8 nitrogen and oxygen atoms in total. The number of hydrogen-bond acceptors (Lipinski definition) is 5. The van der Waals surface area contributed by atoms with Gasteiger partial charge in [-0.15, -0.1) is 0 Å². The number of benzene rings is 2. The van der Waals surface area contributed by atoms with E-state index in [0.29, 0.717) is 28.9 Å². The molecule has 2 aromatic heterocycles. The zero-order valence-electron chi connectivity index (χ0n) is 19.7. The van der Waals surface area contributed by atoms with Crippen LogP contribution in [-0.2, 0) is 4.79 Å². The number of nitrogens with one attached hydrogen (secondary N) is 1. The number of rotatable bonds is 6. The molecule has 5 rings (SSSR count). The van der Waals surface area contributed by atoms with E-state index in [-0.39, 0.29) is 5.92 Å². The van der Waals surface area contributed by atoms with E-state index in [9.17, 15) is 14.4 Å². The molecule has 1 aliphatic heterocycles. The number of carbonyl (C=O) groups excluding carboxylic acids is 3. The molecule has 0 aliphatic carbocycles. The maximum absolute atomic E-state index is 13.5. The lowest BCUT2D eigenvalue weighted by molar-refractivity contribution is -0.121. The number of anilines is 1. The van der Waals surface area contributed by atoms with Crippen molar-refractivity contribution in [3.63, 3.8) is 0 Å². The molecule has 4 aromatic rings. The molecular weight excluding hydrogens is 442 g/mol. The monoisotopic (exact) mass is 467 g/mol. The van der Waals surface area contributed by atoms with Crippen LogP contribution in [-0.4, -0.2) is 43.4 Å². The Bertz CT molecular complexity index is 1430. The first-order valence-corrected chi connectivity index (χ1v) is 11.6. The Morgan fingerprint density at radius 1 is 1.00 bits per heavy atom. The van der Waals surface area contributed by atoms with Gasteiger partial charge < -0.3 is 5.32 Å². The van der Waals surface area contributed by atoms with Crippen molar-refractivity contribution in [1.82, 2.24) is 19.7 Å². The molecule has 0 spiro atoms. The van der Waals surface area contributed by atoms with Crippen LogP contribution < -0.4 is 5.32 Å². The Kier molecular flexibility index (Phi) is 5.64. The summed E-state index contributed by atoms with van der Waals surface area (Å²) >= 11 is 0. The van der Waals surface area contributed by atoms with E-state index in [4.69, 9.17) is 0 Å². The van der Waals surface area contributed by atoms with E-state index in [1.54, 1.807) is 35.1 Å². The van der Waals surface area contributed by atoms with Crippen molar-refractivity contribution in [3.05, 3.63) is 83.7 Å². The zero-order valence-corrected chi connectivity index (χ0v) is 19.7. The van der Waals surface area contributed by atoms with E-state index in [2.05, 4.69) is 15.4 Å². The van der Waals surface area contributed by atoms with Crippen LogP contribution in [0, 0.1) is 12.8 Å². The first-order chi connectivity index (χ1) is 16.9. The van der Waals surface area contributed by atoms with E-state index < -0.39 is 23.8 Å². The fourth-order valence-corrected chi connectivity index (χ4v) is 4.49. The third-order valence-electron chi connectivity index (χ3n) is 6.53. The van der Waals surface area contributed by atoms with Gasteiger partial charge in [-0.1, -0.05) is 50.6 Å². The van der Waals surface area contributed by atoms with E-state index in [1.165, 1.54) is 0 Å². The van der Waals surface area contributed by atoms with Crippen LogP contribution in [0.1, 0.15) is 46.7 Å². The molecule has 0 radical (unpaired) electrons. The van der Waals surface area contributed by atoms with E-state index >= 15 is 0 Å². The molecule has 2 unspecified atom stereocenters. The summed E-state index contributed by atoms with van der Waals surface area (Å²) in [6, 6.07) is 17.2. The summed E-state index contributed by atoms with van der Waals surface area (Å²) in [6.45, 7) is 5.68. The molecule has 3 amide bonds. The smallest absolute Gasteiger partial charge is 0.262 e. The number of imide groups is 1. The van der Waals surface area contributed by atoms with Crippen molar-refractivity contribution in [1.29, 1.82) is 0 Å². The number of fused-ring (bicyclic) bond motifs is 2. The molecule has 0 bridgehead atoms. The maximum Gasteiger partial charge on any atom is 0.262 e. The van der Waals surface area contributed by atoms with Crippen molar-refractivity contribution in [2.45, 2.75) is 33.2 Å². The number of amides is 3. The highest BCUT2D eigenvalue weighted by molar-refractivity contribution is 6.23. The molecule has 1 aliphatic rings. The van der Waals surface area contributed by atoms with Crippen LogP contribution in [0.5, 0.6) is 0 Å². The van der Waals surface area contributed by atoms with Crippen molar-refractivity contribution in [2.24, 2.45) is 5.92 Å². The maximum atomic E-state index is 13.5. The predicted molar refractivity (Wildman–Crippen MR) is 132 cm³/mol. The summed E-state index contributed by atoms with van der Waals surface area (Å²) in [5.74, 6) is -1.56. The molecule has 35 heavy (non-hydrogen) atoms. The minimum absolute atomic E-state index is 0.239. The second kappa shape index (κ2) is 8.79. The standard InChI is InChI=1S/C27H25N5O3/c1-4-16(2)23(31-26(34)20-12-8-9-13-21(20)27(31)35)25(33)29-18-14-22-17(3)30-32(24(22)28-15-18)19-10-6-5-7-11-19/h5-16,23H,4H2,1-3H3,(H,29,33). The molecule has 2 aromatic carbocycles. The van der Waals surface area contributed by atoms with Gasteiger partial charge in [-0.3, -0.25) is 19.3 Å². The topological polar surface area (TPSA) is 97.2 Å². The number of nitrogens with zero attached hydrogens (tertiary/aromatic N) is 4. The van der Waals surface area contributed by atoms with Crippen molar-refractivity contribution in [3.8, 4) is 5.69 Å². The van der Waals surface area contributed by atoms with Gasteiger partial charge in [0.05, 0.1) is 34.4 Å². The van der Waals surface area contributed by atoms with Gasteiger partial charge in [0.2, 0.25) is 5.91 Å². The van der Waals surface area contributed by atoms with Crippen molar-refractivity contribution >= 4 is 34.4 Å². The van der Waals surface area contributed by atoms with Gasteiger partial charge in [-0.2, -0.15) is 5.10 Å². The van der Waals surface area contributed by atoms with Gasteiger partial charge in [-0.05, 0) is 43.2 Å². The van der Waals surface area contributed by atoms with Crippen LogP contribution in [0.3, 0.4) is 0 Å². The fourth-order valence-electron chi connectivity index (χ4n) is 4.49. The summed E-state index contributed by atoms with van der Waals surface area (Å²) in [5.41, 5.74) is 3.45. The summed E-state index contributed by atoms with van der Waals surface area (Å²) in [7, 11) is 0. The molecular formula is C27H25N5O3. The summed E-state index contributed by atoms with van der Waals surface area (Å²) in [5, 5.41) is 8.29. The number of aromatic nitrogens is 3. The highest BCUT2D eigenvalue weighted by atomic mass is 16.2. The second-order valence-corrected chi connectivity index (χ2v) is 8.77. The third kappa shape index (κ3) is 3.77. The lowest BCUT2D eigenvalue weighted by atomic mass is 9.96. The van der Waals surface area contributed by atoms with Crippen LogP contribution in [0.15, 0.2) is 66.9 Å². The first kappa shape index (κ1) is 22.5. The zero-order chi connectivity index (χ0) is 24.7. The van der Waals surface area contributed by atoms with Gasteiger partial charge in [0.25, 0.3) is 11.8 Å². The third-order valence-corrected chi connectivity index (χ3v) is 6.53. The van der Waals surface area contributed by atoms with E-state index in [1.807, 2.05) is 57.2 Å². The normalized spacial score (nSPS) is 14.8. The average Bonchev–Trinajstić information content (AvgIpc) is 3.34. The van der Waals surface area contributed by atoms with Crippen LogP contribution in [0.4, 0.5) is 5.69 Å². The fraction of sp³-hybridized carbons (Fsp3) is 0.222. The minimum Gasteiger partial charge on any atom is -0.323 e. The Morgan fingerprint density at radius 3 is 2.26 bits per heavy atom. The lowest BCUT2D eigenvalue weighted by Gasteiger charge is -2.29. The van der Waals surface area contributed by atoms with Gasteiger partial charge in [0, 0.05) is 5.39 Å². The predicted octanol–water partition coefficient (Wildman–Crippen LogP) is 4.38. The van der Waals surface area contributed by atoms with Gasteiger partial charge in [-0.25, -0.2) is 9.67 Å². The Balaban J connectivity index is 1.46. The molecule has 8 heteroatoms. The van der Waals surface area contributed by atoms with Crippen LogP contribution >= 0.6 is 0 Å². The number of hydrogen-bond donors (Lipinski definition) is 1. The highest BCUT2D eigenvalue weighted by Crippen LogP contribution is 2.29. The molecule has 0 fully saturated rings. The molecule has 0 saturated carbocycles. The highest BCUT2D eigenvalue weighted by Gasteiger charge is 2.44. The Labute approximate surface area is 202 Å². The number of aryl methyl sites for hydroxylation is 1. The minimum atomic E-state index is -0.948. The van der Waals surface area contributed by atoms with E-state index in [0.717, 1.165) is 21.7 Å². The van der Waals surface area contributed by atoms with Crippen LogP contribution in [0.2, 0.25) is 0 Å². The van der Waals surface area contributed by atoms with Gasteiger partial charge in [0.1, 0.15) is 6.04 Å². The molecule has 1 N–H and O–H groups in total. The largest absolute Gasteiger partial charge is 0.323 e. The average molecular weight is 468 g/mol. The van der Waals surface area contributed by atoms with Crippen LogP contribution in [0.25, 0.3) is 16.7 Å². The van der Waals surface area contributed by atoms with Gasteiger partial charge >= 0.3 is 0 Å². The Hall–Kier alpha value is -4.33. The number of carbonyl (C=O) groups is 3. The lowest BCUT2D eigenvalue weighted by Crippen LogP contribution is -2.50.